The Balaban J connectivity index is 1.42. The molecule has 0 aliphatic carbocycles. The highest BCUT2D eigenvalue weighted by Gasteiger charge is 2.40. The fourth-order valence-electron chi connectivity index (χ4n) is 3.78. The molecule has 0 saturated carbocycles. The molecule has 1 aromatic heterocycles. The fraction of sp³-hybridized carbons (Fsp3) is 0.348. The lowest BCUT2D eigenvalue weighted by molar-refractivity contribution is -0.136. The molecule has 3 aromatic rings. The maximum Gasteiger partial charge on any atom is 0.389 e. The monoisotopic (exact) mass is 512 g/mol. The van der Waals surface area contributed by atoms with E-state index >= 15 is 0 Å². The van der Waals surface area contributed by atoms with Gasteiger partial charge in [0.05, 0.1) is 13.7 Å². The summed E-state index contributed by atoms with van der Waals surface area (Å²) in [4.78, 5) is 12.4. The number of rotatable bonds is 9. The first-order chi connectivity index (χ1) is 17.1. The molecule has 2 atom stereocenters. The van der Waals surface area contributed by atoms with E-state index in [-0.39, 0.29) is 42.8 Å². The second-order valence-corrected chi connectivity index (χ2v) is 7.98. The molecule has 0 spiro atoms. The molecule has 8 nitrogen and oxygen atoms in total. The van der Waals surface area contributed by atoms with Crippen LogP contribution in [0, 0.1) is 11.6 Å². The Morgan fingerprint density at radius 2 is 1.81 bits per heavy atom. The Bertz CT molecular complexity index is 1190. The number of nitrogens with one attached hydrogen (secondary N) is 2. The van der Waals surface area contributed by atoms with Crippen molar-refractivity contribution < 1.29 is 40.6 Å². The lowest BCUT2D eigenvalue weighted by Gasteiger charge is -2.19. The van der Waals surface area contributed by atoms with Crippen LogP contribution in [0.2, 0.25) is 0 Å². The highest BCUT2D eigenvalue weighted by atomic mass is 19.4. The van der Waals surface area contributed by atoms with Crippen molar-refractivity contribution in [1.82, 2.24) is 15.5 Å². The van der Waals surface area contributed by atoms with E-state index in [9.17, 15) is 26.7 Å². The van der Waals surface area contributed by atoms with E-state index in [1.807, 2.05) is 0 Å². The van der Waals surface area contributed by atoms with Crippen molar-refractivity contribution in [2.75, 3.05) is 25.6 Å². The summed E-state index contributed by atoms with van der Waals surface area (Å²) in [6.07, 6.45) is -5.32. The van der Waals surface area contributed by atoms with Crippen LogP contribution in [-0.4, -0.2) is 48.6 Å². The molecule has 2 heterocycles. The number of halogens is 5. The smallest absolute Gasteiger partial charge is 0.389 e. The number of carbonyl (C=O) groups is 1. The van der Waals surface area contributed by atoms with Gasteiger partial charge in [-0.2, -0.15) is 13.2 Å². The number of nitrogens with zero attached hydrogens (tertiary/aromatic N) is 2. The molecular weight excluding hydrogens is 491 g/mol. The van der Waals surface area contributed by atoms with Gasteiger partial charge in [-0.15, -0.1) is 5.10 Å². The van der Waals surface area contributed by atoms with Crippen LogP contribution >= 0.6 is 0 Å². The predicted molar refractivity (Wildman–Crippen MR) is 117 cm³/mol. The normalized spacial score (nSPS) is 17.7. The van der Waals surface area contributed by atoms with Crippen molar-refractivity contribution in [2.45, 2.75) is 31.0 Å². The standard InChI is InChI=1S/C23H21F5N4O4/c1-34-14-9-16(24)18(17(25)10-14)15-11-29-20(33)19(15)30-22-32-31-21(36-22)12-3-5-13(6-4-12)35-8-2-7-23(26,27)28/h3-6,9-10,15,19H,2,7-8,11H2,1H3,(H,29,33)(H,30,32)/t15-,19-/m0/s1. The third-order valence-corrected chi connectivity index (χ3v) is 5.52. The molecular formula is C23H21F5N4O4. The summed E-state index contributed by atoms with van der Waals surface area (Å²) in [6, 6.07) is 7.07. The molecule has 1 aliphatic heterocycles. The second-order valence-electron chi connectivity index (χ2n) is 7.98. The van der Waals surface area contributed by atoms with Crippen LogP contribution in [0.4, 0.5) is 28.0 Å². The Hall–Kier alpha value is -3.90. The highest BCUT2D eigenvalue weighted by molar-refractivity contribution is 5.88. The zero-order chi connectivity index (χ0) is 25.9. The topological polar surface area (TPSA) is 98.5 Å². The molecule has 192 valence electrons. The summed E-state index contributed by atoms with van der Waals surface area (Å²) in [5, 5.41) is 13.0. The number of alkyl halides is 3. The number of hydrogen-bond acceptors (Lipinski definition) is 7. The Morgan fingerprint density at radius 1 is 1.11 bits per heavy atom. The van der Waals surface area contributed by atoms with Gasteiger partial charge in [0.25, 0.3) is 0 Å². The summed E-state index contributed by atoms with van der Waals surface area (Å²) in [6.45, 7) is -0.102. The van der Waals surface area contributed by atoms with Gasteiger partial charge in [-0.25, -0.2) is 8.78 Å². The third kappa shape index (κ3) is 5.83. The minimum atomic E-state index is -4.23. The number of hydrogen-bond donors (Lipinski definition) is 2. The molecule has 1 aliphatic rings. The third-order valence-electron chi connectivity index (χ3n) is 5.52. The number of ether oxygens (including phenoxy) is 2. The van der Waals surface area contributed by atoms with Gasteiger partial charge in [0.1, 0.15) is 29.2 Å². The van der Waals surface area contributed by atoms with Crippen molar-refractivity contribution >= 4 is 11.9 Å². The Kier molecular flexibility index (Phi) is 7.27. The van der Waals surface area contributed by atoms with Gasteiger partial charge in [0.2, 0.25) is 11.8 Å². The quantitative estimate of drug-likeness (QED) is 0.323. The van der Waals surface area contributed by atoms with E-state index < -0.39 is 42.1 Å². The van der Waals surface area contributed by atoms with Gasteiger partial charge in [0, 0.05) is 42.1 Å². The maximum absolute atomic E-state index is 14.6. The van der Waals surface area contributed by atoms with Gasteiger partial charge < -0.3 is 24.5 Å². The summed E-state index contributed by atoms with van der Waals surface area (Å²) in [5.74, 6) is -2.64. The number of methoxy groups -OCH3 is 1. The van der Waals surface area contributed by atoms with Crippen LogP contribution < -0.4 is 20.1 Å². The van der Waals surface area contributed by atoms with Crippen molar-refractivity contribution in [3.63, 3.8) is 0 Å². The number of aromatic nitrogens is 2. The lowest BCUT2D eigenvalue weighted by Crippen LogP contribution is -2.33. The minimum absolute atomic E-state index is 0.00908. The Labute approximate surface area is 201 Å². The van der Waals surface area contributed by atoms with E-state index in [1.165, 1.54) is 19.2 Å². The SMILES string of the molecule is COc1cc(F)c([C@@H]2CNC(=O)[C@H]2Nc2nnc(-c3ccc(OCCCC(F)(F)F)cc3)o2)c(F)c1. The minimum Gasteiger partial charge on any atom is -0.497 e. The highest BCUT2D eigenvalue weighted by Crippen LogP contribution is 2.33. The largest absolute Gasteiger partial charge is 0.497 e. The average Bonchev–Trinajstić information content (AvgIpc) is 3.44. The molecule has 36 heavy (non-hydrogen) atoms. The van der Waals surface area contributed by atoms with Crippen LogP contribution in [0.3, 0.4) is 0 Å². The molecule has 13 heteroatoms. The van der Waals surface area contributed by atoms with Gasteiger partial charge in [-0.3, -0.25) is 4.79 Å². The zero-order valence-corrected chi connectivity index (χ0v) is 18.9. The molecule has 1 amide bonds. The van der Waals surface area contributed by atoms with Crippen LogP contribution in [0.15, 0.2) is 40.8 Å². The van der Waals surface area contributed by atoms with E-state index in [0.717, 1.165) is 12.1 Å². The Morgan fingerprint density at radius 3 is 2.44 bits per heavy atom. The van der Waals surface area contributed by atoms with Gasteiger partial charge in [-0.05, 0) is 30.7 Å². The molecule has 2 aromatic carbocycles. The number of carbonyl (C=O) groups excluding carboxylic acids is 1. The molecule has 1 fully saturated rings. The van der Waals surface area contributed by atoms with E-state index in [0.29, 0.717) is 11.3 Å². The number of amides is 1. The van der Waals surface area contributed by atoms with Crippen molar-refractivity contribution in [3.05, 3.63) is 53.6 Å². The zero-order valence-electron chi connectivity index (χ0n) is 18.9. The number of anilines is 1. The molecule has 4 rings (SSSR count). The van der Waals surface area contributed by atoms with Crippen molar-refractivity contribution in [2.24, 2.45) is 0 Å². The van der Waals surface area contributed by atoms with Gasteiger partial charge >= 0.3 is 12.2 Å². The van der Waals surface area contributed by atoms with Gasteiger partial charge in [0.15, 0.2) is 0 Å². The molecule has 0 bridgehead atoms. The van der Waals surface area contributed by atoms with E-state index in [1.54, 1.807) is 12.1 Å². The van der Waals surface area contributed by atoms with E-state index in [2.05, 4.69) is 20.8 Å². The first kappa shape index (κ1) is 25.2. The summed E-state index contributed by atoms with van der Waals surface area (Å²) in [5.41, 5.74) is 0.204. The van der Waals surface area contributed by atoms with Crippen molar-refractivity contribution in [1.29, 1.82) is 0 Å². The summed E-state index contributed by atoms with van der Waals surface area (Å²) >= 11 is 0. The number of benzene rings is 2. The molecule has 1 saturated heterocycles. The van der Waals surface area contributed by atoms with Crippen LogP contribution in [0.1, 0.15) is 24.3 Å². The summed E-state index contributed by atoms with van der Waals surface area (Å²) in [7, 11) is 1.28. The molecule has 0 unspecified atom stereocenters. The first-order valence-corrected chi connectivity index (χ1v) is 10.9. The molecule has 2 N–H and O–H groups in total. The van der Waals surface area contributed by atoms with Crippen LogP contribution in [-0.2, 0) is 4.79 Å². The fourth-order valence-corrected chi connectivity index (χ4v) is 3.78. The van der Waals surface area contributed by atoms with Crippen LogP contribution in [0.25, 0.3) is 11.5 Å². The van der Waals surface area contributed by atoms with Crippen molar-refractivity contribution in [3.8, 4) is 23.0 Å². The predicted octanol–water partition coefficient (Wildman–Crippen LogP) is 4.44. The van der Waals surface area contributed by atoms with Gasteiger partial charge in [-0.1, -0.05) is 5.10 Å². The molecule has 0 radical (unpaired) electrons. The summed E-state index contributed by atoms with van der Waals surface area (Å²) < 4.78 is 81.5. The second kappa shape index (κ2) is 10.4. The maximum atomic E-state index is 14.6. The van der Waals surface area contributed by atoms with E-state index in [4.69, 9.17) is 13.9 Å². The first-order valence-electron chi connectivity index (χ1n) is 10.9. The average molecular weight is 512 g/mol. The van der Waals surface area contributed by atoms with Crippen LogP contribution in [0.5, 0.6) is 11.5 Å². The lowest BCUT2D eigenvalue weighted by atomic mass is 9.93.